The average Bonchev–Trinajstić information content (AvgIpc) is 2.54. The quantitative estimate of drug-likeness (QED) is 0.920. The first-order valence-corrected chi connectivity index (χ1v) is 7.82. The molecule has 110 valence electrons. The third kappa shape index (κ3) is 2.33. The molecule has 3 rings (SSSR count). The Labute approximate surface area is 121 Å². The van der Waals surface area contributed by atoms with Crippen LogP contribution >= 0.6 is 0 Å². The van der Waals surface area contributed by atoms with Crippen LogP contribution in [0, 0.1) is 0 Å². The topological polar surface area (TPSA) is 44.5 Å². The van der Waals surface area contributed by atoms with E-state index in [9.17, 15) is 0 Å². The van der Waals surface area contributed by atoms with E-state index in [2.05, 4.69) is 18.2 Å². The summed E-state index contributed by atoms with van der Waals surface area (Å²) in [5, 5.41) is 0. The van der Waals surface area contributed by atoms with Gasteiger partial charge < -0.3 is 15.2 Å². The van der Waals surface area contributed by atoms with Crippen molar-refractivity contribution in [3.05, 3.63) is 29.3 Å². The van der Waals surface area contributed by atoms with Crippen LogP contribution < -0.4 is 10.5 Å². The van der Waals surface area contributed by atoms with E-state index in [1.165, 1.54) is 24.8 Å². The number of hydrogen-bond acceptors (Lipinski definition) is 3. The van der Waals surface area contributed by atoms with Gasteiger partial charge in [0.15, 0.2) is 0 Å². The monoisotopic (exact) mass is 275 g/mol. The number of benzene rings is 1. The van der Waals surface area contributed by atoms with Crippen molar-refractivity contribution in [3.8, 4) is 5.75 Å². The lowest BCUT2D eigenvalue weighted by molar-refractivity contribution is -0.0600. The molecule has 0 amide bonds. The number of rotatable bonds is 3. The zero-order valence-corrected chi connectivity index (χ0v) is 12.4. The summed E-state index contributed by atoms with van der Waals surface area (Å²) in [5.74, 6) is 1.02. The van der Waals surface area contributed by atoms with Crippen molar-refractivity contribution in [3.63, 3.8) is 0 Å². The Morgan fingerprint density at radius 3 is 2.75 bits per heavy atom. The van der Waals surface area contributed by atoms with E-state index in [0.717, 1.165) is 43.6 Å². The second-order valence-corrected chi connectivity index (χ2v) is 6.09. The highest BCUT2D eigenvalue weighted by atomic mass is 16.5. The molecule has 0 spiro atoms. The molecule has 1 heterocycles. The van der Waals surface area contributed by atoms with Crippen LogP contribution in [0.4, 0.5) is 0 Å². The van der Waals surface area contributed by atoms with E-state index in [4.69, 9.17) is 15.2 Å². The van der Waals surface area contributed by atoms with E-state index in [1.807, 2.05) is 0 Å². The van der Waals surface area contributed by atoms with E-state index in [0.29, 0.717) is 0 Å². The molecule has 0 saturated heterocycles. The standard InChI is InChI=1S/C17H25NO2/c1-19-17(10-3-2-4-11-17)16(18)14-9-5-7-13-8-6-12-20-15(13)14/h5,7,9,16H,2-4,6,8,10-12,18H2,1H3. The van der Waals surface area contributed by atoms with Gasteiger partial charge in [0.2, 0.25) is 0 Å². The van der Waals surface area contributed by atoms with Crippen LogP contribution in [0.3, 0.4) is 0 Å². The van der Waals surface area contributed by atoms with E-state index >= 15 is 0 Å². The Balaban J connectivity index is 1.95. The average molecular weight is 275 g/mol. The Morgan fingerprint density at radius 2 is 2.00 bits per heavy atom. The number of fused-ring (bicyclic) bond motifs is 1. The Bertz CT molecular complexity index is 466. The molecule has 1 aliphatic carbocycles. The normalized spacial score (nSPS) is 22.7. The molecule has 1 aliphatic heterocycles. The molecule has 0 bridgehead atoms. The van der Waals surface area contributed by atoms with Crippen molar-refractivity contribution < 1.29 is 9.47 Å². The van der Waals surface area contributed by atoms with Gasteiger partial charge in [-0.05, 0) is 31.2 Å². The summed E-state index contributed by atoms with van der Waals surface area (Å²) in [7, 11) is 1.81. The molecule has 1 unspecified atom stereocenters. The lowest BCUT2D eigenvalue weighted by atomic mass is 9.76. The van der Waals surface area contributed by atoms with Gasteiger partial charge in [0, 0.05) is 12.7 Å². The largest absolute Gasteiger partial charge is 0.493 e. The molecule has 1 aromatic carbocycles. The minimum Gasteiger partial charge on any atom is -0.493 e. The molecular formula is C17H25NO2. The predicted octanol–water partition coefficient (Wildman–Crippen LogP) is 3.36. The van der Waals surface area contributed by atoms with Gasteiger partial charge in [-0.25, -0.2) is 0 Å². The van der Waals surface area contributed by atoms with Crippen molar-refractivity contribution in [2.24, 2.45) is 5.73 Å². The highest BCUT2D eigenvalue weighted by Gasteiger charge is 2.40. The van der Waals surface area contributed by atoms with E-state index < -0.39 is 0 Å². The summed E-state index contributed by atoms with van der Waals surface area (Å²) < 4.78 is 11.8. The minimum absolute atomic E-state index is 0.0964. The fraction of sp³-hybridized carbons (Fsp3) is 0.647. The van der Waals surface area contributed by atoms with Gasteiger partial charge in [0.25, 0.3) is 0 Å². The molecule has 0 aromatic heterocycles. The van der Waals surface area contributed by atoms with Gasteiger partial charge in [-0.15, -0.1) is 0 Å². The molecule has 3 nitrogen and oxygen atoms in total. The third-order valence-electron chi connectivity index (χ3n) is 4.97. The zero-order valence-electron chi connectivity index (χ0n) is 12.4. The first kappa shape index (κ1) is 13.9. The summed E-state index contributed by atoms with van der Waals surface area (Å²) in [5.41, 5.74) is 8.85. The summed E-state index contributed by atoms with van der Waals surface area (Å²) in [6.45, 7) is 0.802. The summed E-state index contributed by atoms with van der Waals surface area (Å²) in [6, 6.07) is 6.28. The first-order chi connectivity index (χ1) is 9.77. The van der Waals surface area contributed by atoms with Crippen LogP contribution in [-0.2, 0) is 11.2 Å². The van der Waals surface area contributed by atoms with Crippen molar-refractivity contribution in [2.75, 3.05) is 13.7 Å². The lowest BCUT2D eigenvalue weighted by Crippen LogP contribution is -2.45. The molecule has 2 aliphatic rings. The molecule has 1 aromatic rings. The predicted molar refractivity (Wildman–Crippen MR) is 80.0 cm³/mol. The molecule has 2 N–H and O–H groups in total. The maximum absolute atomic E-state index is 6.63. The fourth-order valence-corrected chi connectivity index (χ4v) is 3.74. The van der Waals surface area contributed by atoms with E-state index in [1.54, 1.807) is 7.11 Å². The van der Waals surface area contributed by atoms with Gasteiger partial charge in [-0.1, -0.05) is 37.5 Å². The van der Waals surface area contributed by atoms with E-state index in [-0.39, 0.29) is 11.6 Å². The van der Waals surface area contributed by atoms with Crippen LogP contribution in [0.1, 0.15) is 55.7 Å². The molecule has 0 radical (unpaired) electrons. The SMILES string of the molecule is COC1(C(N)c2cccc3c2OCCC3)CCCCC1. The Kier molecular flexibility index (Phi) is 3.99. The van der Waals surface area contributed by atoms with Crippen molar-refractivity contribution in [1.29, 1.82) is 0 Å². The third-order valence-corrected chi connectivity index (χ3v) is 4.97. The van der Waals surface area contributed by atoms with Crippen LogP contribution in [0.2, 0.25) is 0 Å². The van der Waals surface area contributed by atoms with Crippen molar-refractivity contribution in [1.82, 2.24) is 0 Å². The van der Waals surface area contributed by atoms with Crippen LogP contribution in [0.25, 0.3) is 0 Å². The number of ether oxygens (including phenoxy) is 2. The fourth-order valence-electron chi connectivity index (χ4n) is 3.74. The first-order valence-electron chi connectivity index (χ1n) is 7.82. The van der Waals surface area contributed by atoms with Gasteiger partial charge in [-0.2, -0.15) is 0 Å². The molecule has 3 heteroatoms. The summed E-state index contributed by atoms with van der Waals surface area (Å²) in [4.78, 5) is 0. The number of hydrogen-bond donors (Lipinski definition) is 1. The molecule has 1 atom stereocenters. The van der Waals surface area contributed by atoms with Crippen molar-refractivity contribution >= 4 is 0 Å². The smallest absolute Gasteiger partial charge is 0.127 e. The maximum atomic E-state index is 6.63. The molecule has 1 saturated carbocycles. The highest BCUT2D eigenvalue weighted by molar-refractivity contribution is 5.45. The zero-order chi connectivity index (χ0) is 14.0. The highest BCUT2D eigenvalue weighted by Crippen LogP contribution is 2.43. The van der Waals surface area contributed by atoms with Gasteiger partial charge in [-0.3, -0.25) is 0 Å². The number of nitrogens with two attached hydrogens (primary N) is 1. The van der Waals surface area contributed by atoms with Crippen LogP contribution in [0.5, 0.6) is 5.75 Å². The number of aryl methyl sites for hydroxylation is 1. The minimum atomic E-state index is -0.214. The second-order valence-electron chi connectivity index (χ2n) is 6.09. The van der Waals surface area contributed by atoms with Crippen molar-refractivity contribution in [2.45, 2.75) is 56.6 Å². The number of para-hydroxylation sites is 1. The maximum Gasteiger partial charge on any atom is 0.127 e. The van der Waals surface area contributed by atoms with Gasteiger partial charge in [0.1, 0.15) is 5.75 Å². The lowest BCUT2D eigenvalue weighted by Gasteiger charge is -2.41. The second kappa shape index (κ2) is 5.74. The van der Waals surface area contributed by atoms with Gasteiger partial charge >= 0.3 is 0 Å². The molecule has 20 heavy (non-hydrogen) atoms. The Morgan fingerprint density at radius 1 is 1.20 bits per heavy atom. The van der Waals surface area contributed by atoms with Gasteiger partial charge in [0.05, 0.1) is 18.2 Å². The number of methoxy groups -OCH3 is 1. The summed E-state index contributed by atoms with van der Waals surface area (Å²) in [6.07, 6.45) is 8.00. The molecular weight excluding hydrogens is 250 g/mol. The Hall–Kier alpha value is -1.06. The summed E-state index contributed by atoms with van der Waals surface area (Å²) >= 11 is 0. The van der Waals surface area contributed by atoms with Crippen LogP contribution in [-0.4, -0.2) is 19.3 Å². The van der Waals surface area contributed by atoms with Crippen LogP contribution in [0.15, 0.2) is 18.2 Å². The molecule has 1 fully saturated rings.